The molecule has 20 heavy (non-hydrogen) atoms. The molecule has 0 aliphatic carbocycles. The van der Waals surface area contributed by atoms with Gasteiger partial charge in [-0.05, 0) is 41.5 Å². The van der Waals surface area contributed by atoms with Crippen LogP contribution in [0.5, 0.6) is 0 Å². The van der Waals surface area contributed by atoms with Gasteiger partial charge in [-0.25, -0.2) is 0 Å². The summed E-state index contributed by atoms with van der Waals surface area (Å²) in [6.45, 7) is 4.59. The fourth-order valence-electron chi connectivity index (χ4n) is 3.26. The Labute approximate surface area is 122 Å². The van der Waals surface area contributed by atoms with E-state index in [9.17, 15) is 0 Å². The summed E-state index contributed by atoms with van der Waals surface area (Å²) < 4.78 is 0. The molecule has 2 aromatic rings. The van der Waals surface area contributed by atoms with Gasteiger partial charge >= 0.3 is 0 Å². The molecular weight excluding hydrogens is 242 g/mol. The van der Waals surface area contributed by atoms with Crippen LogP contribution in [-0.2, 0) is 12.8 Å². The number of para-hydroxylation sites is 1. The second-order valence-electron chi connectivity index (χ2n) is 5.96. The molecule has 0 fully saturated rings. The van der Waals surface area contributed by atoms with Crippen LogP contribution < -0.4 is 5.32 Å². The summed E-state index contributed by atoms with van der Waals surface area (Å²) >= 11 is 0. The first-order chi connectivity index (χ1) is 9.78. The highest BCUT2D eigenvalue weighted by Crippen LogP contribution is 2.36. The van der Waals surface area contributed by atoms with Crippen LogP contribution in [0.25, 0.3) is 0 Å². The zero-order valence-electron chi connectivity index (χ0n) is 12.4. The van der Waals surface area contributed by atoms with Gasteiger partial charge in [-0.3, -0.25) is 0 Å². The van der Waals surface area contributed by atoms with Gasteiger partial charge in [0.2, 0.25) is 0 Å². The van der Waals surface area contributed by atoms with Crippen LogP contribution >= 0.6 is 0 Å². The zero-order chi connectivity index (χ0) is 13.9. The number of fused-ring (bicyclic) bond motifs is 1. The van der Waals surface area contributed by atoms with Gasteiger partial charge in [0.05, 0.1) is 6.04 Å². The second kappa shape index (κ2) is 5.70. The van der Waals surface area contributed by atoms with Gasteiger partial charge in [0.15, 0.2) is 0 Å². The molecule has 2 unspecified atom stereocenters. The smallest absolute Gasteiger partial charge is 0.0542 e. The molecule has 0 radical (unpaired) electrons. The van der Waals surface area contributed by atoms with E-state index in [1.807, 2.05) is 0 Å². The highest BCUT2D eigenvalue weighted by Gasteiger charge is 2.25. The molecule has 1 heterocycles. The summed E-state index contributed by atoms with van der Waals surface area (Å²) in [5.74, 6) is 0.627. The molecule has 1 aliphatic heterocycles. The van der Waals surface area contributed by atoms with Crippen LogP contribution in [0.3, 0.4) is 0 Å². The Morgan fingerprint density at radius 3 is 2.80 bits per heavy atom. The third kappa shape index (κ3) is 2.58. The van der Waals surface area contributed by atoms with E-state index in [4.69, 9.17) is 0 Å². The quantitative estimate of drug-likeness (QED) is 0.825. The third-order valence-electron chi connectivity index (χ3n) is 4.29. The molecule has 0 aromatic heterocycles. The molecule has 0 amide bonds. The molecule has 104 valence electrons. The van der Waals surface area contributed by atoms with E-state index >= 15 is 0 Å². The average molecular weight is 265 g/mol. The normalized spacial score (nSPS) is 21.1. The summed E-state index contributed by atoms with van der Waals surface area (Å²) in [6, 6.07) is 18.2. The number of rotatable bonds is 3. The Morgan fingerprint density at radius 1 is 1.10 bits per heavy atom. The maximum atomic E-state index is 3.73. The number of aryl methyl sites for hydroxylation is 1. The number of hydrogen-bond donors (Lipinski definition) is 1. The summed E-state index contributed by atoms with van der Waals surface area (Å²) in [5.41, 5.74) is 5.63. The van der Waals surface area contributed by atoms with Crippen LogP contribution in [0.4, 0.5) is 5.69 Å². The van der Waals surface area contributed by atoms with Crippen molar-refractivity contribution in [3.8, 4) is 0 Å². The average Bonchev–Trinajstić information content (AvgIpc) is 2.47. The molecule has 1 N–H and O–H groups in total. The van der Waals surface area contributed by atoms with E-state index in [-0.39, 0.29) is 0 Å². The molecule has 2 atom stereocenters. The lowest BCUT2D eigenvalue weighted by molar-refractivity contribution is 0.479. The fraction of sp³-hybridized carbons (Fsp3) is 0.368. The van der Waals surface area contributed by atoms with E-state index in [1.54, 1.807) is 0 Å². The number of anilines is 1. The first-order valence-corrected chi connectivity index (χ1v) is 7.71. The largest absolute Gasteiger partial charge is 0.378 e. The third-order valence-corrected chi connectivity index (χ3v) is 4.29. The van der Waals surface area contributed by atoms with Gasteiger partial charge in [-0.2, -0.15) is 0 Å². The topological polar surface area (TPSA) is 12.0 Å². The Morgan fingerprint density at radius 2 is 1.95 bits per heavy atom. The molecule has 2 aromatic carbocycles. The maximum absolute atomic E-state index is 3.73. The van der Waals surface area contributed by atoms with Crippen molar-refractivity contribution in [2.75, 3.05) is 5.32 Å². The second-order valence-corrected chi connectivity index (χ2v) is 5.96. The summed E-state index contributed by atoms with van der Waals surface area (Å²) in [6.07, 6.45) is 3.54. The highest BCUT2D eigenvalue weighted by atomic mass is 14.9. The van der Waals surface area contributed by atoms with Crippen molar-refractivity contribution in [2.24, 2.45) is 5.92 Å². The van der Waals surface area contributed by atoms with Crippen LogP contribution in [0.1, 0.15) is 43.0 Å². The van der Waals surface area contributed by atoms with Crippen molar-refractivity contribution in [3.63, 3.8) is 0 Å². The lowest BCUT2D eigenvalue weighted by atomic mass is 9.84. The molecule has 0 saturated carbocycles. The van der Waals surface area contributed by atoms with Crippen LogP contribution in [0, 0.1) is 5.92 Å². The minimum atomic E-state index is 0.432. The van der Waals surface area contributed by atoms with Gasteiger partial charge in [-0.15, -0.1) is 0 Å². The van der Waals surface area contributed by atoms with E-state index < -0.39 is 0 Å². The SMILES string of the molecule is CCCc1cccc(C2Nc3ccccc3CC2C)c1. The molecule has 1 heteroatoms. The lowest BCUT2D eigenvalue weighted by Gasteiger charge is -2.33. The Balaban J connectivity index is 1.89. The predicted molar refractivity (Wildman–Crippen MR) is 86.1 cm³/mol. The van der Waals surface area contributed by atoms with Crippen molar-refractivity contribution in [1.82, 2.24) is 0 Å². The van der Waals surface area contributed by atoms with Gasteiger partial charge in [0, 0.05) is 5.69 Å². The Hall–Kier alpha value is -1.76. The Kier molecular flexibility index (Phi) is 3.77. The Bertz CT molecular complexity index is 588. The molecular formula is C19H23N. The van der Waals surface area contributed by atoms with Gasteiger partial charge in [0.1, 0.15) is 0 Å². The van der Waals surface area contributed by atoms with Crippen LogP contribution in [0.15, 0.2) is 48.5 Å². The van der Waals surface area contributed by atoms with E-state index in [1.165, 1.54) is 35.2 Å². The minimum Gasteiger partial charge on any atom is -0.378 e. The summed E-state index contributed by atoms with van der Waals surface area (Å²) in [5, 5.41) is 3.73. The summed E-state index contributed by atoms with van der Waals surface area (Å²) in [4.78, 5) is 0. The molecule has 1 aliphatic rings. The van der Waals surface area contributed by atoms with Crippen molar-refractivity contribution >= 4 is 5.69 Å². The molecule has 0 bridgehead atoms. The highest BCUT2D eigenvalue weighted by molar-refractivity contribution is 5.55. The standard InChI is InChI=1S/C19H23N/c1-3-7-15-8-6-10-17(13-15)19-14(2)12-16-9-4-5-11-18(16)20-19/h4-6,8-11,13-14,19-20H,3,7,12H2,1-2H3. The van der Waals surface area contributed by atoms with E-state index in [2.05, 4.69) is 67.7 Å². The lowest BCUT2D eigenvalue weighted by Crippen LogP contribution is -2.26. The first kappa shape index (κ1) is 13.2. The van der Waals surface area contributed by atoms with E-state index in [0.29, 0.717) is 12.0 Å². The van der Waals surface area contributed by atoms with Crippen LogP contribution in [-0.4, -0.2) is 0 Å². The first-order valence-electron chi connectivity index (χ1n) is 7.71. The molecule has 0 spiro atoms. The van der Waals surface area contributed by atoms with Crippen molar-refractivity contribution < 1.29 is 0 Å². The number of hydrogen-bond acceptors (Lipinski definition) is 1. The van der Waals surface area contributed by atoms with E-state index in [0.717, 1.165) is 6.42 Å². The molecule has 0 saturated heterocycles. The van der Waals surface area contributed by atoms with Gasteiger partial charge in [0.25, 0.3) is 0 Å². The van der Waals surface area contributed by atoms with Crippen LogP contribution in [0.2, 0.25) is 0 Å². The predicted octanol–water partition coefficient (Wildman–Crippen LogP) is 4.98. The van der Waals surface area contributed by atoms with Crippen molar-refractivity contribution in [1.29, 1.82) is 0 Å². The maximum Gasteiger partial charge on any atom is 0.0542 e. The number of nitrogens with one attached hydrogen (secondary N) is 1. The summed E-state index contributed by atoms with van der Waals surface area (Å²) in [7, 11) is 0. The van der Waals surface area contributed by atoms with Gasteiger partial charge < -0.3 is 5.32 Å². The minimum absolute atomic E-state index is 0.432. The fourth-order valence-corrected chi connectivity index (χ4v) is 3.26. The van der Waals surface area contributed by atoms with Gasteiger partial charge in [-0.1, -0.05) is 62.7 Å². The molecule has 3 rings (SSSR count). The van der Waals surface area contributed by atoms with Crippen molar-refractivity contribution in [2.45, 2.75) is 39.2 Å². The number of benzene rings is 2. The monoisotopic (exact) mass is 265 g/mol. The van der Waals surface area contributed by atoms with Crippen molar-refractivity contribution in [3.05, 3.63) is 65.2 Å². The zero-order valence-corrected chi connectivity index (χ0v) is 12.4. The molecule has 1 nitrogen and oxygen atoms in total.